The van der Waals surface area contributed by atoms with E-state index in [4.69, 9.17) is 0 Å². The molecule has 0 spiro atoms. The molecule has 8 heteroatoms. The van der Waals surface area contributed by atoms with Crippen LogP contribution in [0, 0.1) is 0 Å². The third kappa shape index (κ3) is 3.45. The van der Waals surface area contributed by atoms with Crippen LogP contribution in [-0.4, -0.2) is 55.7 Å². The molecule has 144 valence electrons. The lowest BCUT2D eigenvalue weighted by Gasteiger charge is -2.31. The van der Waals surface area contributed by atoms with Crippen LogP contribution in [0.25, 0.3) is 11.3 Å². The van der Waals surface area contributed by atoms with Gasteiger partial charge in [0, 0.05) is 56.6 Å². The van der Waals surface area contributed by atoms with Gasteiger partial charge in [0.2, 0.25) is 0 Å². The molecule has 28 heavy (non-hydrogen) atoms. The van der Waals surface area contributed by atoms with E-state index in [2.05, 4.69) is 25.5 Å². The summed E-state index contributed by atoms with van der Waals surface area (Å²) in [5, 5.41) is 11.2. The van der Waals surface area contributed by atoms with Gasteiger partial charge in [0.1, 0.15) is 17.8 Å². The first-order chi connectivity index (χ1) is 13.7. The second kappa shape index (κ2) is 7.75. The standard InChI is InChI=1S/C20H23N7O/c1-21-18-17(22-9-10-23-18)14-3-5-16(6-4-14)20(28)27-11-7-15(8-12-27)19-25-24-13-26(19)2/h3-6,9-10,13,15H,7-8,11-12H2,1-2H3,(H,21,23). The zero-order valence-electron chi connectivity index (χ0n) is 16.0. The Kier molecular flexibility index (Phi) is 5.01. The molecule has 1 aliphatic heterocycles. The van der Waals surface area contributed by atoms with E-state index in [0.717, 1.165) is 43.0 Å². The van der Waals surface area contributed by atoms with Crippen molar-refractivity contribution < 1.29 is 4.79 Å². The third-order valence-electron chi connectivity index (χ3n) is 5.23. The number of benzene rings is 1. The predicted octanol–water partition coefficient (Wildman–Crippen LogP) is 2.33. The van der Waals surface area contributed by atoms with E-state index in [1.807, 2.05) is 47.8 Å². The van der Waals surface area contributed by atoms with Crippen molar-refractivity contribution in [2.45, 2.75) is 18.8 Å². The molecule has 1 aliphatic rings. The average Bonchev–Trinajstić information content (AvgIpc) is 3.19. The second-order valence-electron chi connectivity index (χ2n) is 6.95. The maximum Gasteiger partial charge on any atom is 0.253 e. The summed E-state index contributed by atoms with van der Waals surface area (Å²) in [7, 11) is 3.78. The van der Waals surface area contributed by atoms with Crippen LogP contribution in [0.15, 0.2) is 43.0 Å². The Morgan fingerprint density at radius 3 is 2.46 bits per heavy atom. The molecule has 0 aliphatic carbocycles. The number of aromatic nitrogens is 5. The minimum atomic E-state index is 0.0657. The molecule has 4 rings (SSSR count). The normalized spacial score (nSPS) is 14.9. The Hall–Kier alpha value is -3.29. The van der Waals surface area contributed by atoms with Crippen LogP contribution in [0.5, 0.6) is 0 Å². The van der Waals surface area contributed by atoms with Gasteiger partial charge >= 0.3 is 0 Å². The van der Waals surface area contributed by atoms with Crippen LogP contribution in [0.2, 0.25) is 0 Å². The van der Waals surface area contributed by atoms with E-state index in [-0.39, 0.29) is 5.91 Å². The first kappa shape index (κ1) is 18.1. The molecule has 0 saturated carbocycles. The lowest BCUT2D eigenvalue weighted by Crippen LogP contribution is -2.38. The molecular weight excluding hydrogens is 354 g/mol. The minimum absolute atomic E-state index is 0.0657. The summed E-state index contributed by atoms with van der Waals surface area (Å²) in [6, 6.07) is 7.57. The highest BCUT2D eigenvalue weighted by Crippen LogP contribution is 2.28. The molecule has 0 radical (unpaired) electrons. The monoisotopic (exact) mass is 377 g/mol. The van der Waals surface area contributed by atoms with E-state index in [0.29, 0.717) is 17.3 Å². The highest BCUT2D eigenvalue weighted by atomic mass is 16.2. The molecule has 1 fully saturated rings. The number of nitrogens with one attached hydrogen (secondary N) is 1. The Labute approximate surface area is 163 Å². The fourth-order valence-electron chi connectivity index (χ4n) is 3.69. The van der Waals surface area contributed by atoms with Crippen molar-refractivity contribution in [3.63, 3.8) is 0 Å². The van der Waals surface area contributed by atoms with Crippen molar-refractivity contribution >= 4 is 11.7 Å². The zero-order chi connectivity index (χ0) is 19.5. The summed E-state index contributed by atoms with van der Waals surface area (Å²) >= 11 is 0. The van der Waals surface area contributed by atoms with Crippen LogP contribution in [0.3, 0.4) is 0 Å². The third-order valence-corrected chi connectivity index (χ3v) is 5.23. The van der Waals surface area contributed by atoms with Crippen LogP contribution >= 0.6 is 0 Å². The van der Waals surface area contributed by atoms with Gasteiger partial charge in [0.15, 0.2) is 5.82 Å². The van der Waals surface area contributed by atoms with Gasteiger partial charge in [-0.3, -0.25) is 9.78 Å². The van der Waals surface area contributed by atoms with Gasteiger partial charge in [-0.2, -0.15) is 0 Å². The maximum atomic E-state index is 12.9. The van der Waals surface area contributed by atoms with Crippen molar-refractivity contribution in [1.82, 2.24) is 29.6 Å². The molecule has 3 aromatic rings. The first-order valence-electron chi connectivity index (χ1n) is 9.39. The van der Waals surface area contributed by atoms with Crippen molar-refractivity contribution in [3.05, 3.63) is 54.4 Å². The van der Waals surface area contributed by atoms with Gasteiger partial charge < -0.3 is 14.8 Å². The van der Waals surface area contributed by atoms with E-state index < -0.39 is 0 Å². The molecule has 0 bridgehead atoms. The second-order valence-corrected chi connectivity index (χ2v) is 6.95. The predicted molar refractivity (Wildman–Crippen MR) is 106 cm³/mol. The van der Waals surface area contributed by atoms with Crippen molar-refractivity contribution in [3.8, 4) is 11.3 Å². The highest BCUT2D eigenvalue weighted by molar-refractivity contribution is 5.94. The summed E-state index contributed by atoms with van der Waals surface area (Å²) < 4.78 is 1.97. The van der Waals surface area contributed by atoms with Crippen LogP contribution < -0.4 is 5.32 Å². The zero-order valence-corrected chi connectivity index (χ0v) is 16.0. The average molecular weight is 377 g/mol. The summed E-state index contributed by atoms with van der Waals surface area (Å²) in [4.78, 5) is 23.5. The van der Waals surface area contributed by atoms with Crippen LogP contribution in [-0.2, 0) is 7.05 Å². The number of likely N-dealkylation sites (tertiary alicyclic amines) is 1. The lowest BCUT2D eigenvalue weighted by atomic mass is 9.95. The Morgan fingerprint density at radius 2 is 1.82 bits per heavy atom. The molecule has 1 amide bonds. The Balaban J connectivity index is 1.44. The molecule has 2 aromatic heterocycles. The number of hydrogen-bond acceptors (Lipinski definition) is 6. The molecule has 1 saturated heterocycles. The number of anilines is 1. The van der Waals surface area contributed by atoms with Gasteiger partial charge in [-0.1, -0.05) is 12.1 Å². The smallest absolute Gasteiger partial charge is 0.253 e. The molecule has 0 unspecified atom stereocenters. The van der Waals surface area contributed by atoms with Crippen LogP contribution in [0.4, 0.5) is 5.82 Å². The highest BCUT2D eigenvalue weighted by Gasteiger charge is 2.27. The number of carbonyl (C=O) groups excluding carboxylic acids is 1. The first-order valence-corrected chi connectivity index (χ1v) is 9.39. The topological polar surface area (TPSA) is 88.8 Å². The summed E-state index contributed by atoms with van der Waals surface area (Å²) in [6.07, 6.45) is 6.85. The lowest BCUT2D eigenvalue weighted by molar-refractivity contribution is 0.0710. The molecule has 8 nitrogen and oxygen atoms in total. The van der Waals surface area contributed by atoms with E-state index in [1.165, 1.54) is 0 Å². The summed E-state index contributed by atoms with van der Waals surface area (Å²) in [5.74, 6) is 2.14. The quantitative estimate of drug-likeness (QED) is 0.751. The van der Waals surface area contributed by atoms with Crippen molar-refractivity contribution in [1.29, 1.82) is 0 Å². The van der Waals surface area contributed by atoms with Gasteiger partial charge in [0.05, 0.1) is 0 Å². The fourth-order valence-corrected chi connectivity index (χ4v) is 3.69. The number of amides is 1. The van der Waals surface area contributed by atoms with Gasteiger partial charge in [-0.25, -0.2) is 4.98 Å². The number of aryl methyl sites for hydroxylation is 1. The Bertz CT molecular complexity index is 959. The molecule has 0 atom stereocenters. The van der Waals surface area contributed by atoms with Crippen molar-refractivity contribution in [2.24, 2.45) is 7.05 Å². The minimum Gasteiger partial charge on any atom is -0.371 e. The van der Waals surface area contributed by atoms with E-state index in [1.54, 1.807) is 18.7 Å². The summed E-state index contributed by atoms with van der Waals surface area (Å²) in [6.45, 7) is 1.46. The molecule has 1 aromatic carbocycles. The maximum absolute atomic E-state index is 12.9. The number of piperidine rings is 1. The number of hydrogen-bond donors (Lipinski definition) is 1. The summed E-state index contributed by atoms with van der Waals surface area (Å²) in [5.41, 5.74) is 2.39. The van der Waals surface area contributed by atoms with Crippen molar-refractivity contribution in [2.75, 3.05) is 25.5 Å². The fraction of sp³-hybridized carbons (Fsp3) is 0.350. The number of nitrogens with zero attached hydrogens (tertiary/aromatic N) is 6. The van der Waals surface area contributed by atoms with E-state index >= 15 is 0 Å². The SMILES string of the molecule is CNc1nccnc1-c1ccc(C(=O)N2CCC(c3nncn3C)CC2)cc1. The molecule has 3 heterocycles. The number of rotatable bonds is 4. The van der Waals surface area contributed by atoms with Gasteiger partial charge in [0.25, 0.3) is 5.91 Å². The van der Waals surface area contributed by atoms with E-state index in [9.17, 15) is 4.79 Å². The van der Waals surface area contributed by atoms with Gasteiger partial charge in [-0.05, 0) is 25.0 Å². The molecule has 1 N–H and O–H groups in total. The largest absolute Gasteiger partial charge is 0.371 e. The Morgan fingerprint density at radius 1 is 1.11 bits per heavy atom. The number of carbonyl (C=O) groups is 1. The van der Waals surface area contributed by atoms with Crippen LogP contribution in [0.1, 0.15) is 34.9 Å². The molecular formula is C20H23N7O. The van der Waals surface area contributed by atoms with Gasteiger partial charge in [-0.15, -0.1) is 10.2 Å².